The smallest absolute Gasteiger partial charge is 0.258 e. The van der Waals surface area contributed by atoms with Gasteiger partial charge in [0.25, 0.3) is 5.91 Å². The molecule has 1 amide bonds. The molecule has 4 nitrogen and oxygen atoms in total. The molecule has 0 aliphatic rings. The summed E-state index contributed by atoms with van der Waals surface area (Å²) >= 11 is 5.94. The van der Waals surface area contributed by atoms with Gasteiger partial charge in [0.1, 0.15) is 5.75 Å². The average Bonchev–Trinajstić information content (AvgIpc) is 2.26. The number of benzene rings is 1. The maximum atomic E-state index is 11.7. The highest BCUT2D eigenvalue weighted by molar-refractivity contribution is 6.30. The summed E-state index contributed by atoms with van der Waals surface area (Å²) < 4.78 is 5.54. The van der Waals surface area contributed by atoms with Crippen LogP contribution >= 0.6 is 24.0 Å². The van der Waals surface area contributed by atoms with E-state index in [1.165, 1.54) is 0 Å². The first kappa shape index (κ1) is 19.0. The van der Waals surface area contributed by atoms with Gasteiger partial charge in [-0.1, -0.05) is 11.6 Å². The molecule has 0 heterocycles. The molecule has 0 atom stereocenters. The molecular formula is C14H22Cl2N2O2. The van der Waals surface area contributed by atoms with Gasteiger partial charge in [-0.25, -0.2) is 0 Å². The van der Waals surface area contributed by atoms with E-state index in [0.29, 0.717) is 17.3 Å². The topological polar surface area (TPSA) is 50.4 Å². The number of ether oxygens (including phenoxy) is 1. The zero-order valence-electron chi connectivity index (χ0n) is 12.2. The lowest BCUT2D eigenvalue weighted by Gasteiger charge is -2.20. The predicted molar refractivity (Wildman–Crippen MR) is 84.9 cm³/mol. The summed E-state index contributed by atoms with van der Waals surface area (Å²) in [5.41, 5.74) is 0.674. The summed E-state index contributed by atoms with van der Waals surface area (Å²) in [5, 5.41) is 6.53. The maximum absolute atomic E-state index is 11.7. The van der Waals surface area contributed by atoms with Crippen LogP contribution in [0.1, 0.15) is 26.3 Å². The van der Waals surface area contributed by atoms with Gasteiger partial charge in [0.05, 0.1) is 0 Å². The number of hydrogen-bond donors (Lipinski definition) is 2. The van der Waals surface area contributed by atoms with E-state index < -0.39 is 0 Å². The molecular weight excluding hydrogens is 299 g/mol. The molecule has 0 unspecified atom stereocenters. The van der Waals surface area contributed by atoms with Crippen LogP contribution in [0.3, 0.4) is 0 Å². The molecule has 1 rings (SSSR count). The Hall–Kier alpha value is -0.970. The number of carbonyl (C=O) groups is 1. The largest absolute Gasteiger partial charge is 0.483 e. The first-order chi connectivity index (χ1) is 8.81. The maximum Gasteiger partial charge on any atom is 0.258 e. The van der Waals surface area contributed by atoms with Crippen LogP contribution in [0, 0.1) is 0 Å². The first-order valence-corrected chi connectivity index (χ1v) is 6.56. The first-order valence-electron chi connectivity index (χ1n) is 6.18. The number of rotatable bonds is 5. The van der Waals surface area contributed by atoms with Crippen LogP contribution in [0.15, 0.2) is 18.2 Å². The second-order valence-corrected chi connectivity index (χ2v) is 5.81. The quantitative estimate of drug-likeness (QED) is 0.877. The molecule has 0 aliphatic carbocycles. The fourth-order valence-electron chi connectivity index (χ4n) is 1.62. The van der Waals surface area contributed by atoms with Crippen molar-refractivity contribution in [2.24, 2.45) is 0 Å². The van der Waals surface area contributed by atoms with Crippen LogP contribution in [-0.2, 0) is 11.3 Å². The molecule has 1 aromatic rings. The summed E-state index contributed by atoms with van der Waals surface area (Å²) in [5.74, 6) is 0.528. The highest BCUT2D eigenvalue weighted by Crippen LogP contribution is 2.22. The molecule has 0 aromatic heterocycles. The SMILES string of the molecule is CNCc1cc(Cl)ccc1OCC(=O)NC(C)(C)C.Cl. The Labute approximate surface area is 131 Å². The van der Waals surface area contributed by atoms with Gasteiger partial charge in [0.2, 0.25) is 0 Å². The molecule has 0 spiro atoms. The van der Waals surface area contributed by atoms with Gasteiger partial charge in [0.15, 0.2) is 6.61 Å². The van der Waals surface area contributed by atoms with Crippen LogP contribution in [0.5, 0.6) is 5.75 Å². The Balaban J connectivity index is 0.00000361. The summed E-state index contributed by atoms with van der Waals surface area (Å²) in [6, 6.07) is 5.35. The lowest BCUT2D eigenvalue weighted by molar-refractivity contribution is -0.124. The normalized spacial score (nSPS) is 10.7. The molecule has 6 heteroatoms. The van der Waals surface area contributed by atoms with Crippen molar-refractivity contribution in [3.05, 3.63) is 28.8 Å². The van der Waals surface area contributed by atoms with Crippen LogP contribution < -0.4 is 15.4 Å². The minimum absolute atomic E-state index is 0. The van der Waals surface area contributed by atoms with Crippen LogP contribution in [-0.4, -0.2) is 25.1 Å². The third-order valence-electron chi connectivity index (χ3n) is 2.26. The highest BCUT2D eigenvalue weighted by Gasteiger charge is 2.14. The second kappa shape index (κ2) is 8.35. The number of halogens is 2. The van der Waals surface area contributed by atoms with Gasteiger partial charge in [-0.05, 0) is 46.0 Å². The fourth-order valence-corrected chi connectivity index (χ4v) is 1.81. The van der Waals surface area contributed by atoms with Crippen molar-refractivity contribution < 1.29 is 9.53 Å². The van der Waals surface area contributed by atoms with Gasteiger partial charge >= 0.3 is 0 Å². The monoisotopic (exact) mass is 320 g/mol. The highest BCUT2D eigenvalue weighted by atomic mass is 35.5. The van der Waals surface area contributed by atoms with E-state index in [4.69, 9.17) is 16.3 Å². The van der Waals surface area contributed by atoms with E-state index in [1.807, 2.05) is 33.9 Å². The lowest BCUT2D eigenvalue weighted by Crippen LogP contribution is -2.43. The van der Waals surface area contributed by atoms with Crippen LogP contribution in [0.2, 0.25) is 5.02 Å². The number of amides is 1. The molecule has 0 bridgehead atoms. The molecule has 2 N–H and O–H groups in total. The minimum Gasteiger partial charge on any atom is -0.483 e. The molecule has 1 aromatic carbocycles. The summed E-state index contributed by atoms with van der Waals surface area (Å²) in [6.07, 6.45) is 0. The standard InChI is InChI=1S/C14H21ClN2O2.ClH/c1-14(2,3)17-13(18)9-19-12-6-5-11(15)7-10(12)8-16-4;/h5-7,16H,8-9H2,1-4H3,(H,17,18);1H. The van der Waals surface area contributed by atoms with Gasteiger partial charge in [-0.3, -0.25) is 4.79 Å². The van der Waals surface area contributed by atoms with Crippen LogP contribution in [0.4, 0.5) is 0 Å². The lowest BCUT2D eigenvalue weighted by atomic mass is 10.1. The Morgan fingerprint density at radius 2 is 2.00 bits per heavy atom. The van der Waals surface area contributed by atoms with Crippen molar-refractivity contribution in [3.63, 3.8) is 0 Å². The zero-order chi connectivity index (χ0) is 14.5. The molecule has 0 saturated carbocycles. The molecule has 0 radical (unpaired) electrons. The number of hydrogen-bond acceptors (Lipinski definition) is 3. The van der Waals surface area contributed by atoms with Gasteiger partial charge in [-0.15, -0.1) is 12.4 Å². The van der Waals surface area contributed by atoms with E-state index in [2.05, 4.69) is 10.6 Å². The number of nitrogens with one attached hydrogen (secondary N) is 2. The Kier molecular flexibility index (Phi) is 7.94. The van der Waals surface area contributed by atoms with E-state index in [-0.39, 0.29) is 30.5 Å². The third-order valence-corrected chi connectivity index (χ3v) is 2.50. The van der Waals surface area contributed by atoms with Crippen LogP contribution in [0.25, 0.3) is 0 Å². The van der Waals surface area contributed by atoms with Gasteiger partial charge < -0.3 is 15.4 Å². The van der Waals surface area contributed by atoms with Gasteiger partial charge in [-0.2, -0.15) is 0 Å². The van der Waals surface area contributed by atoms with Gasteiger partial charge in [0, 0.05) is 22.7 Å². The summed E-state index contributed by atoms with van der Waals surface area (Å²) in [4.78, 5) is 11.7. The predicted octanol–water partition coefficient (Wildman–Crippen LogP) is 2.77. The van der Waals surface area contributed by atoms with Crippen molar-refractivity contribution in [2.45, 2.75) is 32.9 Å². The van der Waals surface area contributed by atoms with E-state index in [9.17, 15) is 4.79 Å². The van der Waals surface area contributed by atoms with Crippen molar-refractivity contribution in [3.8, 4) is 5.75 Å². The molecule has 0 aliphatic heterocycles. The molecule has 0 saturated heterocycles. The molecule has 114 valence electrons. The van der Waals surface area contributed by atoms with Crippen molar-refractivity contribution in [1.29, 1.82) is 0 Å². The van der Waals surface area contributed by atoms with Crippen molar-refractivity contribution in [1.82, 2.24) is 10.6 Å². The summed E-state index contributed by atoms with van der Waals surface area (Å²) in [6.45, 7) is 6.42. The molecule has 0 fully saturated rings. The Morgan fingerprint density at radius 1 is 1.35 bits per heavy atom. The molecule has 20 heavy (non-hydrogen) atoms. The average molecular weight is 321 g/mol. The fraction of sp³-hybridized carbons (Fsp3) is 0.500. The second-order valence-electron chi connectivity index (χ2n) is 5.37. The van der Waals surface area contributed by atoms with Crippen molar-refractivity contribution >= 4 is 29.9 Å². The Morgan fingerprint density at radius 3 is 2.55 bits per heavy atom. The minimum atomic E-state index is -0.256. The number of carbonyl (C=O) groups excluding carboxylic acids is 1. The Bertz CT molecular complexity index is 445. The van der Waals surface area contributed by atoms with E-state index in [0.717, 1.165) is 5.56 Å². The third kappa shape index (κ3) is 6.98. The van der Waals surface area contributed by atoms with E-state index in [1.54, 1.807) is 12.1 Å². The van der Waals surface area contributed by atoms with E-state index >= 15 is 0 Å². The zero-order valence-corrected chi connectivity index (χ0v) is 13.8. The summed E-state index contributed by atoms with van der Waals surface area (Å²) in [7, 11) is 1.84. The van der Waals surface area contributed by atoms with Crippen molar-refractivity contribution in [2.75, 3.05) is 13.7 Å².